The third-order valence-corrected chi connectivity index (χ3v) is 2.67. The molecular weight excluding hydrogens is 276 g/mol. The van der Waals surface area contributed by atoms with Gasteiger partial charge in [0.2, 0.25) is 0 Å². The lowest BCUT2D eigenvalue weighted by molar-refractivity contribution is -0.139. The molecule has 0 unspecified atom stereocenters. The van der Waals surface area contributed by atoms with Crippen molar-refractivity contribution in [3.63, 3.8) is 0 Å². The van der Waals surface area contributed by atoms with E-state index in [1.165, 1.54) is 13.5 Å². The van der Waals surface area contributed by atoms with Crippen LogP contribution in [-0.4, -0.2) is 26.8 Å². The second-order valence-electron chi connectivity index (χ2n) is 4.62. The molecule has 0 amide bonds. The predicted octanol–water partition coefficient (Wildman–Crippen LogP) is 5.01. The summed E-state index contributed by atoms with van der Waals surface area (Å²) < 4.78 is 9.31. The van der Waals surface area contributed by atoms with E-state index in [-0.39, 0.29) is 5.97 Å². The van der Waals surface area contributed by atoms with Gasteiger partial charge in [-0.05, 0) is 38.5 Å². The number of carbonyl (C=O) groups is 1. The number of carbonyl (C=O) groups excluding carboxylic acids is 1. The van der Waals surface area contributed by atoms with Gasteiger partial charge in [-0.3, -0.25) is 4.79 Å². The standard InChI is InChI=1S/C10H16O2.C9H16O/c1-3-4-5-6-7-8-9-10(11)12-2;1-3-4-5-6-7-8-9-10-2/h3,7-8H,1,4-6,9H2,2H3;3,7-8H,1,4-6,9H2,2H3. The predicted molar refractivity (Wildman–Crippen MR) is 94.9 cm³/mol. The maximum Gasteiger partial charge on any atom is 0.309 e. The summed E-state index contributed by atoms with van der Waals surface area (Å²) in [5.74, 6) is -0.185. The van der Waals surface area contributed by atoms with E-state index in [2.05, 4.69) is 24.0 Å². The van der Waals surface area contributed by atoms with Crippen LogP contribution in [0.3, 0.4) is 0 Å². The first-order valence-electron chi connectivity index (χ1n) is 7.80. The Morgan fingerprint density at radius 3 is 1.86 bits per heavy atom. The number of ether oxygens (including phenoxy) is 2. The van der Waals surface area contributed by atoms with Crippen LogP contribution < -0.4 is 0 Å². The molecule has 0 fully saturated rings. The van der Waals surface area contributed by atoms with E-state index in [1.54, 1.807) is 7.11 Å². The Hall–Kier alpha value is -1.61. The van der Waals surface area contributed by atoms with E-state index < -0.39 is 0 Å². The Bertz CT molecular complexity index is 317. The summed E-state index contributed by atoms with van der Waals surface area (Å²) in [6.07, 6.45) is 18.8. The van der Waals surface area contributed by atoms with Gasteiger partial charge < -0.3 is 9.47 Å². The van der Waals surface area contributed by atoms with Crippen LogP contribution in [0, 0.1) is 0 Å². The molecule has 0 heterocycles. The van der Waals surface area contributed by atoms with Crippen molar-refractivity contribution >= 4 is 5.97 Å². The third-order valence-electron chi connectivity index (χ3n) is 2.67. The van der Waals surface area contributed by atoms with E-state index in [4.69, 9.17) is 4.74 Å². The van der Waals surface area contributed by atoms with Crippen LogP contribution in [0.1, 0.15) is 44.9 Å². The number of methoxy groups -OCH3 is 2. The summed E-state index contributed by atoms with van der Waals surface area (Å²) in [5.41, 5.74) is 0. The molecule has 0 saturated carbocycles. The first kappa shape index (κ1) is 22.7. The van der Waals surface area contributed by atoms with Crippen LogP contribution in [0.15, 0.2) is 49.6 Å². The lowest BCUT2D eigenvalue weighted by atomic mass is 10.2. The van der Waals surface area contributed by atoms with E-state index in [9.17, 15) is 4.79 Å². The molecule has 0 bridgehead atoms. The van der Waals surface area contributed by atoms with Crippen LogP contribution >= 0.6 is 0 Å². The van der Waals surface area contributed by atoms with Crippen molar-refractivity contribution in [2.24, 2.45) is 0 Å². The molecule has 0 radical (unpaired) electrons. The van der Waals surface area contributed by atoms with E-state index in [0.717, 1.165) is 38.7 Å². The fourth-order valence-electron chi connectivity index (χ4n) is 1.42. The molecule has 0 rings (SSSR count). The molecule has 0 atom stereocenters. The first-order chi connectivity index (χ1) is 10.7. The minimum absolute atomic E-state index is 0.185. The van der Waals surface area contributed by atoms with Crippen molar-refractivity contribution in [2.45, 2.75) is 44.9 Å². The van der Waals surface area contributed by atoms with Crippen molar-refractivity contribution in [3.8, 4) is 0 Å². The molecule has 0 aromatic heterocycles. The van der Waals surface area contributed by atoms with Gasteiger partial charge in [0, 0.05) is 7.11 Å². The molecule has 0 aliphatic rings. The SMILES string of the molecule is C=CCCCC=CCC(=O)OC.C=CCCCC=CCOC. The zero-order valence-electron chi connectivity index (χ0n) is 14.3. The van der Waals surface area contributed by atoms with Crippen LogP contribution in [0.25, 0.3) is 0 Å². The molecule has 126 valence electrons. The fraction of sp³-hybridized carbons (Fsp3) is 0.526. The normalized spacial score (nSPS) is 10.3. The minimum atomic E-state index is -0.185. The number of rotatable bonds is 12. The number of hydrogen-bond donors (Lipinski definition) is 0. The molecule has 0 aromatic carbocycles. The van der Waals surface area contributed by atoms with Gasteiger partial charge >= 0.3 is 5.97 Å². The molecule has 3 heteroatoms. The molecule has 0 spiro atoms. The number of esters is 1. The maximum absolute atomic E-state index is 10.6. The molecule has 3 nitrogen and oxygen atoms in total. The van der Waals surface area contributed by atoms with Gasteiger partial charge in [-0.1, -0.05) is 36.5 Å². The maximum atomic E-state index is 10.6. The van der Waals surface area contributed by atoms with Crippen LogP contribution in [0.4, 0.5) is 0 Å². The molecular formula is C19H32O3. The monoisotopic (exact) mass is 308 g/mol. The Morgan fingerprint density at radius 1 is 0.864 bits per heavy atom. The Kier molecular flexibility index (Phi) is 22.3. The van der Waals surface area contributed by atoms with E-state index in [0.29, 0.717) is 6.42 Å². The Balaban J connectivity index is 0. The van der Waals surface area contributed by atoms with Crippen molar-refractivity contribution in [1.29, 1.82) is 0 Å². The summed E-state index contributed by atoms with van der Waals surface area (Å²) in [4.78, 5) is 10.6. The largest absolute Gasteiger partial charge is 0.469 e. The molecule has 0 saturated heterocycles. The highest BCUT2D eigenvalue weighted by Gasteiger charge is 1.92. The average molecular weight is 308 g/mol. The van der Waals surface area contributed by atoms with Crippen molar-refractivity contribution < 1.29 is 14.3 Å². The highest BCUT2D eigenvalue weighted by atomic mass is 16.5. The lowest BCUT2D eigenvalue weighted by Crippen LogP contribution is -1.96. The van der Waals surface area contributed by atoms with E-state index >= 15 is 0 Å². The van der Waals surface area contributed by atoms with Gasteiger partial charge in [-0.2, -0.15) is 0 Å². The van der Waals surface area contributed by atoms with Crippen LogP contribution in [0.2, 0.25) is 0 Å². The van der Waals surface area contributed by atoms with Crippen molar-refractivity contribution in [2.75, 3.05) is 20.8 Å². The van der Waals surface area contributed by atoms with Gasteiger partial charge in [0.05, 0.1) is 20.1 Å². The van der Waals surface area contributed by atoms with Crippen LogP contribution in [-0.2, 0) is 14.3 Å². The smallest absolute Gasteiger partial charge is 0.309 e. The second kappa shape index (κ2) is 21.7. The van der Waals surface area contributed by atoms with Crippen LogP contribution in [0.5, 0.6) is 0 Å². The summed E-state index contributed by atoms with van der Waals surface area (Å²) in [6.45, 7) is 8.00. The van der Waals surface area contributed by atoms with Crippen molar-refractivity contribution in [3.05, 3.63) is 49.6 Å². The van der Waals surface area contributed by atoms with E-state index in [1.807, 2.05) is 30.4 Å². The third kappa shape index (κ3) is 23.5. The topological polar surface area (TPSA) is 35.5 Å². The highest BCUT2D eigenvalue weighted by Crippen LogP contribution is 1.98. The lowest BCUT2D eigenvalue weighted by Gasteiger charge is -1.92. The van der Waals surface area contributed by atoms with Gasteiger partial charge in [0.25, 0.3) is 0 Å². The number of allylic oxidation sites excluding steroid dienone is 4. The summed E-state index contributed by atoms with van der Waals surface area (Å²) >= 11 is 0. The molecule has 0 aliphatic heterocycles. The first-order valence-corrected chi connectivity index (χ1v) is 7.80. The van der Waals surface area contributed by atoms with Crippen molar-refractivity contribution in [1.82, 2.24) is 0 Å². The highest BCUT2D eigenvalue weighted by molar-refractivity contribution is 5.70. The summed E-state index contributed by atoms with van der Waals surface area (Å²) in [6, 6.07) is 0. The zero-order valence-corrected chi connectivity index (χ0v) is 14.3. The zero-order chi connectivity index (χ0) is 16.9. The molecule has 0 N–H and O–H groups in total. The van der Waals surface area contributed by atoms with Gasteiger partial charge in [0.1, 0.15) is 0 Å². The molecule has 22 heavy (non-hydrogen) atoms. The quantitative estimate of drug-likeness (QED) is 0.289. The summed E-state index contributed by atoms with van der Waals surface area (Å²) in [5, 5.41) is 0. The average Bonchev–Trinajstić information content (AvgIpc) is 2.54. The van der Waals surface area contributed by atoms with Gasteiger partial charge in [-0.15, -0.1) is 13.2 Å². The Morgan fingerprint density at radius 2 is 1.41 bits per heavy atom. The van der Waals surface area contributed by atoms with Gasteiger partial charge in [-0.25, -0.2) is 0 Å². The van der Waals surface area contributed by atoms with Gasteiger partial charge in [0.15, 0.2) is 0 Å². The fourth-order valence-corrected chi connectivity index (χ4v) is 1.42. The minimum Gasteiger partial charge on any atom is -0.469 e. The number of unbranched alkanes of at least 4 members (excludes halogenated alkanes) is 4. The second-order valence-corrected chi connectivity index (χ2v) is 4.62. The Labute approximate surface area is 136 Å². The molecule has 0 aromatic rings. The molecule has 0 aliphatic carbocycles. The number of hydrogen-bond acceptors (Lipinski definition) is 3. The summed E-state index contributed by atoms with van der Waals surface area (Å²) in [7, 11) is 3.10.